The zero-order valence-corrected chi connectivity index (χ0v) is 17.4. The van der Waals surface area contributed by atoms with Crippen molar-refractivity contribution in [3.8, 4) is 0 Å². The van der Waals surface area contributed by atoms with Crippen LogP contribution in [0.5, 0.6) is 0 Å². The van der Waals surface area contributed by atoms with E-state index in [1.54, 1.807) is 5.57 Å². The Labute approximate surface area is 169 Å². The molecule has 1 aromatic rings. The molecule has 3 fully saturated rings. The van der Waals surface area contributed by atoms with Gasteiger partial charge >= 0.3 is 0 Å². The number of rotatable bonds is 2. The molecule has 0 aromatic carbocycles. The molecule has 0 spiro atoms. The van der Waals surface area contributed by atoms with Crippen LogP contribution in [0, 0.1) is 28.6 Å². The molecule has 1 aromatic heterocycles. The zero-order chi connectivity index (χ0) is 19.4. The Balaban J connectivity index is 1.39. The predicted molar refractivity (Wildman–Crippen MR) is 113 cm³/mol. The molecular formula is C25H34N2O. The fraction of sp³-hybridized carbons (Fsp3) is 0.680. The van der Waals surface area contributed by atoms with E-state index in [0.717, 1.165) is 42.8 Å². The smallest absolute Gasteiger partial charge is 0.0811 e. The molecule has 4 aliphatic rings. The average molecular weight is 379 g/mol. The number of aliphatic hydroxyl groups excluding tert-OH is 1. The molecule has 0 bridgehead atoms. The first-order chi connectivity index (χ1) is 13.5. The largest absolute Gasteiger partial charge is 0.393 e. The van der Waals surface area contributed by atoms with Crippen molar-refractivity contribution < 1.29 is 5.11 Å². The Hall–Kier alpha value is -1.48. The second-order valence-electron chi connectivity index (χ2n) is 10.2. The molecule has 150 valence electrons. The van der Waals surface area contributed by atoms with Crippen LogP contribution in [0.2, 0.25) is 0 Å². The van der Waals surface area contributed by atoms with E-state index >= 15 is 0 Å². The summed E-state index contributed by atoms with van der Waals surface area (Å²) in [4.78, 5) is 9.56. The van der Waals surface area contributed by atoms with Crippen LogP contribution in [0.3, 0.4) is 0 Å². The van der Waals surface area contributed by atoms with Crippen LogP contribution >= 0.6 is 0 Å². The third-order valence-corrected chi connectivity index (χ3v) is 8.98. The van der Waals surface area contributed by atoms with Crippen LogP contribution in [0.1, 0.15) is 70.9 Å². The quantitative estimate of drug-likeness (QED) is 0.706. The lowest BCUT2D eigenvalue weighted by molar-refractivity contribution is -0.0209. The highest BCUT2D eigenvalue weighted by molar-refractivity contribution is 5.92. The van der Waals surface area contributed by atoms with Crippen molar-refractivity contribution in [2.24, 2.45) is 33.6 Å². The summed E-state index contributed by atoms with van der Waals surface area (Å²) in [6.45, 7) is 5.74. The molecule has 1 heterocycles. The van der Waals surface area contributed by atoms with E-state index in [1.807, 2.05) is 12.3 Å². The summed E-state index contributed by atoms with van der Waals surface area (Å²) in [5.74, 6) is 2.37. The van der Waals surface area contributed by atoms with E-state index in [-0.39, 0.29) is 11.5 Å². The maximum absolute atomic E-state index is 10.2. The summed E-state index contributed by atoms with van der Waals surface area (Å²) < 4.78 is 0. The topological polar surface area (TPSA) is 45.5 Å². The highest BCUT2D eigenvalue weighted by Gasteiger charge is 2.57. The SMILES string of the molecule is C[C@]12CC[C@H](O)CC1=CC[C@@H]1[C@@H]2CC[C@]2(C)C(=NCc3ccccn3)CC[C@@H]12. The normalized spacial score (nSPS) is 43.8. The number of fused-ring (bicyclic) bond motifs is 5. The first-order valence-corrected chi connectivity index (χ1v) is 11.3. The van der Waals surface area contributed by atoms with E-state index in [9.17, 15) is 5.11 Å². The molecule has 4 aliphatic carbocycles. The lowest BCUT2D eigenvalue weighted by atomic mass is 9.48. The molecule has 0 saturated heterocycles. The molecule has 0 aliphatic heterocycles. The van der Waals surface area contributed by atoms with Crippen molar-refractivity contribution in [2.75, 3.05) is 0 Å². The highest BCUT2D eigenvalue weighted by Crippen LogP contribution is 2.64. The van der Waals surface area contributed by atoms with Crippen molar-refractivity contribution in [2.45, 2.75) is 77.9 Å². The number of hydrogen-bond acceptors (Lipinski definition) is 3. The van der Waals surface area contributed by atoms with E-state index in [2.05, 4.69) is 37.0 Å². The van der Waals surface area contributed by atoms with Gasteiger partial charge in [-0.05, 0) is 86.7 Å². The average Bonchev–Trinajstić information content (AvgIpc) is 3.04. The predicted octanol–water partition coefficient (Wildman–Crippen LogP) is 5.35. The Morgan fingerprint density at radius 3 is 2.75 bits per heavy atom. The summed E-state index contributed by atoms with van der Waals surface area (Å²) in [7, 11) is 0. The molecule has 3 saturated carbocycles. The van der Waals surface area contributed by atoms with Gasteiger partial charge in [-0.2, -0.15) is 0 Å². The van der Waals surface area contributed by atoms with Crippen LogP contribution in [-0.2, 0) is 6.54 Å². The number of nitrogens with zero attached hydrogens (tertiary/aromatic N) is 2. The zero-order valence-electron chi connectivity index (χ0n) is 17.4. The minimum Gasteiger partial charge on any atom is -0.393 e. The number of hydrogen-bond donors (Lipinski definition) is 1. The first-order valence-electron chi connectivity index (χ1n) is 11.3. The van der Waals surface area contributed by atoms with Crippen LogP contribution in [0.15, 0.2) is 41.0 Å². The van der Waals surface area contributed by atoms with Crippen molar-refractivity contribution >= 4 is 5.71 Å². The maximum atomic E-state index is 10.2. The Morgan fingerprint density at radius 1 is 1.11 bits per heavy atom. The summed E-state index contributed by atoms with van der Waals surface area (Å²) in [5.41, 5.74) is 4.72. The van der Waals surface area contributed by atoms with Gasteiger partial charge < -0.3 is 5.11 Å². The van der Waals surface area contributed by atoms with Gasteiger partial charge in [0.25, 0.3) is 0 Å². The number of aliphatic imine (C=N–C) groups is 1. The summed E-state index contributed by atoms with van der Waals surface area (Å²) >= 11 is 0. The monoisotopic (exact) mass is 378 g/mol. The van der Waals surface area contributed by atoms with Gasteiger partial charge in [-0.1, -0.05) is 31.6 Å². The third-order valence-electron chi connectivity index (χ3n) is 8.98. The fourth-order valence-corrected chi connectivity index (χ4v) is 7.36. The molecule has 3 nitrogen and oxygen atoms in total. The lowest BCUT2D eigenvalue weighted by Crippen LogP contribution is -2.50. The molecule has 28 heavy (non-hydrogen) atoms. The van der Waals surface area contributed by atoms with Gasteiger partial charge in [0.1, 0.15) is 0 Å². The standard InChI is InChI=1S/C25H34N2O/c1-24-12-10-19(28)15-17(24)6-7-20-21-8-9-23(25(21,2)13-11-22(20)24)27-16-18-5-3-4-14-26-18/h3-6,14,19-22,28H,7-13,15-16H2,1-2H3/t19-,20-,21-,22-,24-,25-/m0/s1. The van der Waals surface area contributed by atoms with Crippen molar-refractivity contribution in [1.29, 1.82) is 0 Å². The van der Waals surface area contributed by atoms with E-state index in [1.165, 1.54) is 44.2 Å². The van der Waals surface area contributed by atoms with E-state index in [0.29, 0.717) is 5.41 Å². The highest BCUT2D eigenvalue weighted by atomic mass is 16.3. The van der Waals surface area contributed by atoms with Crippen molar-refractivity contribution in [1.82, 2.24) is 4.98 Å². The molecule has 1 N–H and O–H groups in total. The molecule has 6 atom stereocenters. The third kappa shape index (κ3) is 2.81. The van der Waals surface area contributed by atoms with Gasteiger partial charge in [-0.3, -0.25) is 9.98 Å². The van der Waals surface area contributed by atoms with Crippen molar-refractivity contribution in [3.63, 3.8) is 0 Å². The van der Waals surface area contributed by atoms with E-state index < -0.39 is 0 Å². The second-order valence-corrected chi connectivity index (χ2v) is 10.2. The Kier molecular flexibility index (Phi) is 4.50. The van der Waals surface area contributed by atoms with Gasteiger partial charge in [-0.15, -0.1) is 0 Å². The van der Waals surface area contributed by atoms with Crippen LogP contribution < -0.4 is 0 Å². The Bertz CT molecular complexity index is 800. The van der Waals surface area contributed by atoms with Gasteiger partial charge in [0, 0.05) is 17.3 Å². The van der Waals surface area contributed by atoms with Crippen molar-refractivity contribution in [3.05, 3.63) is 41.7 Å². The molecule has 0 amide bonds. The summed E-state index contributed by atoms with van der Waals surface area (Å²) in [6, 6.07) is 6.11. The number of aliphatic hydroxyl groups is 1. The van der Waals surface area contributed by atoms with Crippen LogP contribution in [0.25, 0.3) is 0 Å². The maximum Gasteiger partial charge on any atom is 0.0811 e. The van der Waals surface area contributed by atoms with Gasteiger partial charge in [-0.25, -0.2) is 0 Å². The van der Waals surface area contributed by atoms with Crippen LogP contribution in [-0.4, -0.2) is 21.9 Å². The van der Waals surface area contributed by atoms with Gasteiger partial charge in [0.05, 0.1) is 18.3 Å². The molecule has 0 unspecified atom stereocenters. The Morgan fingerprint density at radius 2 is 1.93 bits per heavy atom. The van der Waals surface area contributed by atoms with Gasteiger partial charge in [0.15, 0.2) is 0 Å². The number of allylic oxidation sites excluding steroid dienone is 1. The second kappa shape index (κ2) is 6.79. The minimum atomic E-state index is -0.110. The fourth-order valence-electron chi connectivity index (χ4n) is 7.36. The molecule has 0 radical (unpaired) electrons. The summed E-state index contributed by atoms with van der Waals surface area (Å²) in [6.07, 6.45) is 13.7. The first kappa shape index (κ1) is 18.5. The molecule has 3 heteroatoms. The minimum absolute atomic E-state index is 0.110. The molecular weight excluding hydrogens is 344 g/mol. The number of aromatic nitrogens is 1. The summed E-state index contributed by atoms with van der Waals surface area (Å²) in [5, 5.41) is 10.2. The van der Waals surface area contributed by atoms with E-state index in [4.69, 9.17) is 4.99 Å². The number of pyridine rings is 1. The van der Waals surface area contributed by atoms with Gasteiger partial charge in [0.2, 0.25) is 0 Å². The van der Waals surface area contributed by atoms with Crippen LogP contribution in [0.4, 0.5) is 0 Å². The lowest BCUT2D eigenvalue weighted by Gasteiger charge is -2.57. The molecule has 5 rings (SSSR count).